The first kappa shape index (κ1) is 17.5. The minimum Gasteiger partial charge on any atom is -0.362 e. The molecule has 1 unspecified atom stereocenters. The van der Waals surface area contributed by atoms with Gasteiger partial charge in [-0.3, -0.25) is 9.59 Å². The Kier molecular flexibility index (Phi) is 5.07. The van der Waals surface area contributed by atoms with E-state index in [4.69, 9.17) is 0 Å². The van der Waals surface area contributed by atoms with Crippen LogP contribution in [0.4, 0.5) is 11.4 Å². The number of amides is 2. The molecule has 1 saturated heterocycles. The molecule has 4 N–H and O–H groups in total. The lowest BCUT2D eigenvalue weighted by atomic mass is 9.94. The van der Waals surface area contributed by atoms with Crippen molar-refractivity contribution in [2.24, 2.45) is 5.92 Å². The molecule has 1 fully saturated rings. The highest BCUT2D eigenvalue weighted by molar-refractivity contribution is 6.35. The van der Waals surface area contributed by atoms with Crippen LogP contribution in [0, 0.1) is 5.92 Å². The van der Waals surface area contributed by atoms with Crippen molar-refractivity contribution in [2.75, 3.05) is 23.7 Å². The zero-order valence-corrected chi connectivity index (χ0v) is 15.2. The van der Waals surface area contributed by atoms with Crippen LogP contribution >= 0.6 is 0 Å². The molecular formula is C21H24N4O2. The fourth-order valence-corrected chi connectivity index (χ4v) is 3.73. The predicted octanol–water partition coefficient (Wildman–Crippen LogP) is 3.23. The molecule has 2 aromatic rings. The first-order chi connectivity index (χ1) is 13.2. The van der Waals surface area contributed by atoms with Gasteiger partial charge < -0.3 is 20.9 Å². The van der Waals surface area contributed by atoms with Crippen molar-refractivity contribution in [1.29, 1.82) is 0 Å². The third-order valence-electron chi connectivity index (χ3n) is 5.19. The minimum atomic E-state index is -0.132. The Balaban J connectivity index is 1.44. The molecule has 4 rings (SSSR count). The van der Waals surface area contributed by atoms with Crippen molar-refractivity contribution in [3.05, 3.63) is 47.8 Å². The van der Waals surface area contributed by atoms with E-state index in [1.807, 2.05) is 42.6 Å². The first-order valence-electron chi connectivity index (χ1n) is 9.50. The number of fused-ring (bicyclic) bond motifs is 1. The summed E-state index contributed by atoms with van der Waals surface area (Å²) in [6.45, 7) is 2.09. The zero-order valence-electron chi connectivity index (χ0n) is 15.2. The van der Waals surface area contributed by atoms with E-state index < -0.39 is 0 Å². The summed E-state index contributed by atoms with van der Waals surface area (Å²) in [5.41, 5.74) is 3.75. The van der Waals surface area contributed by atoms with Crippen LogP contribution in [0.25, 0.3) is 11.6 Å². The van der Waals surface area contributed by atoms with Gasteiger partial charge in [-0.1, -0.05) is 0 Å². The Bertz CT molecular complexity index is 864. The Labute approximate surface area is 158 Å². The van der Waals surface area contributed by atoms with E-state index >= 15 is 0 Å². The van der Waals surface area contributed by atoms with Crippen LogP contribution in [0.2, 0.25) is 0 Å². The largest absolute Gasteiger partial charge is 0.362 e. The van der Waals surface area contributed by atoms with Gasteiger partial charge in [-0.25, -0.2) is 0 Å². The predicted molar refractivity (Wildman–Crippen MR) is 107 cm³/mol. The number of hydrogen-bond donors (Lipinski definition) is 4. The van der Waals surface area contributed by atoms with Gasteiger partial charge in [0.2, 0.25) is 5.91 Å². The molecule has 0 radical (unpaired) electrons. The number of aromatic nitrogens is 1. The number of hydrogen-bond acceptors (Lipinski definition) is 3. The molecule has 2 aliphatic heterocycles. The fraction of sp³-hybridized carbons (Fsp3) is 0.333. The maximum absolute atomic E-state index is 12.3. The summed E-state index contributed by atoms with van der Waals surface area (Å²) < 4.78 is 0. The van der Waals surface area contributed by atoms with E-state index in [0.717, 1.165) is 42.1 Å². The molecule has 0 saturated carbocycles. The molecule has 140 valence electrons. The first-order valence-corrected chi connectivity index (χ1v) is 9.50. The number of H-pyrrole nitrogens is 1. The van der Waals surface area contributed by atoms with Crippen LogP contribution in [0.1, 0.15) is 36.9 Å². The van der Waals surface area contributed by atoms with Crippen LogP contribution in [0.5, 0.6) is 0 Å². The number of carbonyl (C=O) groups is 2. The van der Waals surface area contributed by atoms with E-state index in [2.05, 4.69) is 20.9 Å². The van der Waals surface area contributed by atoms with Crippen LogP contribution in [0.15, 0.2) is 36.5 Å². The van der Waals surface area contributed by atoms with Crippen LogP contribution in [-0.2, 0) is 9.59 Å². The summed E-state index contributed by atoms with van der Waals surface area (Å²) in [4.78, 5) is 27.7. The Morgan fingerprint density at radius 3 is 3.00 bits per heavy atom. The third kappa shape index (κ3) is 4.11. The van der Waals surface area contributed by atoms with E-state index in [1.54, 1.807) is 0 Å². The Morgan fingerprint density at radius 1 is 1.30 bits per heavy atom. The molecule has 1 aromatic carbocycles. The van der Waals surface area contributed by atoms with Gasteiger partial charge in [0.05, 0.1) is 5.57 Å². The lowest BCUT2D eigenvalue weighted by Crippen LogP contribution is -2.30. The van der Waals surface area contributed by atoms with Gasteiger partial charge in [0.1, 0.15) is 0 Å². The zero-order chi connectivity index (χ0) is 18.6. The van der Waals surface area contributed by atoms with Crippen LogP contribution in [-0.4, -0.2) is 29.9 Å². The summed E-state index contributed by atoms with van der Waals surface area (Å²) >= 11 is 0. The van der Waals surface area contributed by atoms with Crippen molar-refractivity contribution in [3.8, 4) is 0 Å². The van der Waals surface area contributed by atoms with Gasteiger partial charge in [-0.05, 0) is 74.7 Å². The van der Waals surface area contributed by atoms with Crippen molar-refractivity contribution < 1.29 is 9.59 Å². The molecule has 2 aliphatic rings. The number of carbonyl (C=O) groups excluding carboxylic acids is 2. The van der Waals surface area contributed by atoms with E-state index in [9.17, 15) is 9.59 Å². The summed E-state index contributed by atoms with van der Waals surface area (Å²) in [5.74, 6) is 0.474. The number of piperidine rings is 1. The highest BCUT2D eigenvalue weighted by atomic mass is 16.2. The molecular weight excluding hydrogens is 340 g/mol. The normalized spacial score (nSPS) is 20.4. The molecule has 6 nitrogen and oxygen atoms in total. The Hall–Kier alpha value is -2.86. The smallest absolute Gasteiger partial charge is 0.256 e. The number of rotatable bonds is 5. The third-order valence-corrected chi connectivity index (χ3v) is 5.19. The average molecular weight is 364 g/mol. The fourth-order valence-electron chi connectivity index (χ4n) is 3.73. The van der Waals surface area contributed by atoms with E-state index in [1.165, 1.54) is 12.8 Å². The van der Waals surface area contributed by atoms with E-state index in [0.29, 0.717) is 17.9 Å². The standard InChI is InChI=1S/C21H24N4O2/c26-20(8-5-14-3-1-9-22-13-14)24-16-6-7-19-17(12-16)18(21(27)25-19)11-15-4-2-10-23-15/h2,4,6-7,10-12,14,22-23H,1,3,5,8-9,13H2,(H,24,26)(H,25,27). The summed E-state index contributed by atoms with van der Waals surface area (Å²) in [6, 6.07) is 9.32. The second-order valence-corrected chi connectivity index (χ2v) is 7.20. The summed E-state index contributed by atoms with van der Waals surface area (Å²) in [7, 11) is 0. The van der Waals surface area contributed by atoms with Crippen LogP contribution < -0.4 is 16.0 Å². The number of anilines is 2. The van der Waals surface area contributed by atoms with E-state index in [-0.39, 0.29) is 11.8 Å². The summed E-state index contributed by atoms with van der Waals surface area (Å²) in [6.07, 6.45) is 7.45. The number of aromatic amines is 1. The molecule has 0 spiro atoms. The van der Waals surface area contributed by atoms with Crippen LogP contribution in [0.3, 0.4) is 0 Å². The molecule has 1 atom stereocenters. The lowest BCUT2D eigenvalue weighted by molar-refractivity contribution is -0.116. The van der Waals surface area contributed by atoms with Gasteiger partial charge in [0.25, 0.3) is 5.91 Å². The SMILES string of the molecule is O=C(CCC1CCCNC1)Nc1ccc2c(c1)C(=Cc1ccc[nH]1)C(=O)N2. The van der Waals surface area contributed by atoms with Gasteiger partial charge in [-0.15, -0.1) is 0 Å². The quantitative estimate of drug-likeness (QED) is 0.615. The second-order valence-electron chi connectivity index (χ2n) is 7.20. The monoisotopic (exact) mass is 364 g/mol. The molecule has 1 aromatic heterocycles. The van der Waals surface area contributed by atoms with Gasteiger partial charge in [0, 0.05) is 35.2 Å². The Morgan fingerprint density at radius 2 is 2.22 bits per heavy atom. The topological polar surface area (TPSA) is 86.0 Å². The number of nitrogens with one attached hydrogen (secondary N) is 4. The van der Waals surface area contributed by atoms with Crippen molar-refractivity contribution in [2.45, 2.75) is 25.7 Å². The summed E-state index contributed by atoms with van der Waals surface area (Å²) in [5, 5.41) is 9.22. The molecule has 2 amide bonds. The van der Waals surface area contributed by atoms with Gasteiger partial charge in [-0.2, -0.15) is 0 Å². The van der Waals surface area contributed by atoms with Crippen molar-refractivity contribution in [3.63, 3.8) is 0 Å². The maximum Gasteiger partial charge on any atom is 0.256 e. The van der Waals surface area contributed by atoms with Gasteiger partial charge in [0.15, 0.2) is 0 Å². The lowest BCUT2D eigenvalue weighted by Gasteiger charge is -2.22. The second kappa shape index (κ2) is 7.80. The molecule has 0 bridgehead atoms. The van der Waals surface area contributed by atoms with Crippen molar-refractivity contribution >= 4 is 34.8 Å². The molecule has 0 aliphatic carbocycles. The average Bonchev–Trinajstić information content (AvgIpc) is 3.30. The number of benzene rings is 1. The highest BCUT2D eigenvalue weighted by Gasteiger charge is 2.24. The highest BCUT2D eigenvalue weighted by Crippen LogP contribution is 2.35. The minimum absolute atomic E-state index is 0.0210. The van der Waals surface area contributed by atoms with Crippen molar-refractivity contribution in [1.82, 2.24) is 10.3 Å². The molecule has 3 heterocycles. The molecule has 6 heteroatoms. The molecule has 27 heavy (non-hydrogen) atoms. The van der Waals surface area contributed by atoms with Gasteiger partial charge >= 0.3 is 0 Å². The maximum atomic E-state index is 12.3.